The lowest BCUT2D eigenvalue weighted by Gasteiger charge is -2.45. The molecular weight excluding hydrogens is 398 g/mol. The first kappa shape index (κ1) is 21.1. The van der Waals surface area contributed by atoms with Crippen LogP contribution in [0.2, 0.25) is 0 Å². The van der Waals surface area contributed by atoms with Crippen molar-refractivity contribution >= 4 is 22.6 Å². The molecule has 0 radical (unpaired) electrons. The molecule has 3 atom stereocenters. The number of piperidine rings is 1. The minimum atomic E-state index is -0.0744. The fraction of sp³-hybridized carbons (Fsp3) is 0.500. The summed E-state index contributed by atoms with van der Waals surface area (Å²) in [4.78, 5) is 27.9. The van der Waals surface area contributed by atoms with Gasteiger partial charge in [-0.1, -0.05) is 32.9 Å². The molecule has 0 spiro atoms. The standard InChI is InChI=1S/C26H33N5O/c1-14-9-22(29-15(2)28-14)30-25(32)17-10-19-18-7-8-20(26(3,4)5)24-23(18)16(12-27-24)11-21(19)31(6)13-17/h7-9,12,17,19,21,27H,10-11,13H2,1-6H3,(H,28,29,30,32)/t17?,19-,21-/m1/s1. The molecule has 1 amide bonds. The Bertz CT molecular complexity index is 1180. The van der Waals surface area contributed by atoms with E-state index in [1.54, 1.807) is 0 Å². The molecule has 2 aromatic heterocycles. The van der Waals surface area contributed by atoms with Crippen molar-refractivity contribution in [2.45, 2.75) is 64.8 Å². The number of hydrogen-bond acceptors (Lipinski definition) is 4. The number of carbonyl (C=O) groups is 1. The molecule has 1 fully saturated rings. The van der Waals surface area contributed by atoms with E-state index in [2.05, 4.69) is 71.3 Å². The Hall–Kier alpha value is -2.73. The molecule has 1 unspecified atom stereocenters. The van der Waals surface area contributed by atoms with Gasteiger partial charge in [0.15, 0.2) is 0 Å². The first-order valence-corrected chi connectivity index (χ1v) is 11.6. The highest BCUT2D eigenvalue weighted by Gasteiger charge is 2.42. The van der Waals surface area contributed by atoms with Gasteiger partial charge >= 0.3 is 0 Å². The number of nitrogens with zero attached hydrogens (tertiary/aromatic N) is 3. The number of carbonyl (C=O) groups excluding carboxylic acids is 1. The second-order valence-electron chi connectivity index (χ2n) is 10.7. The van der Waals surface area contributed by atoms with Crippen LogP contribution in [0.25, 0.3) is 10.9 Å². The van der Waals surface area contributed by atoms with E-state index in [9.17, 15) is 4.79 Å². The molecule has 168 valence electrons. The largest absolute Gasteiger partial charge is 0.361 e. The number of aromatic nitrogens is 3. The van der Waals surface area contributed by atoms with Crippen molar-refractivity contribution in [3.8, 4) is 0 Å². The number of amides is 1. The monoisotopic (exact) mass is 431 g/mol. The minimum Gasteiger partial charge on any atom is -0.361 e. The number of likely N-dealkylation sites (tertiary alicyclic amines) is 1. The maximum atomic E-state index is 13.2. The first-order chi connectivity index (χ1) is 15.1. The van der Waals surface area contributed by atoms with Gasteiger partial charge in [-0.25, -0.2) is 9.97 Å². The van der Waals surface area contributed by atoms with Gasteiger partial charge in [0, 0.05) is 47.4 Å². The fourth-order valence-electron chi connectivity index (χ4n) is 5.83. The third kappa shape index (κ3) is 3.51. The zero-order valence-corrected chi connectivity index (χ0v) is 19.9. The highest BCUT2D eigenvalue weighted by molar-refractivity contribution is 5.93. The summed E-state index contributed by atoms with van der Waals surface area (Å²) in [5.41, 5.74) is 6.36. The molecule has 3 aromatic rings. The zero-order valence-electron chi connectivity index (χ0n) is 19.9. The van der Waals surface area contributed by atoms with Crippen LogP contribution >= 0.6 is 0 Å². The van der Waals surface area contributed by atoms with E-state index in [-0.39, 0.29) is 17.2 Å². The van der Waals surface area contributed by atoms with Gasteiger partial charge in [-0.3, -0.25) is 4.79 Å². The van der Waals surface area contributed by atoms with Crippen LogP contribution < -0.4 is 5.32 Å². The van der Waals surface area contributed by atoms with E-state index in [1.165, 1.54) is 27.6 Å². The van der Waals surface area contributed by atoms with Crippen molar-refractivity contribution in [3.63, 3.8) is 0 Å². The molecule has 3 heterocycles. The molecule has 1 saturated heterocycles. The summed E-state index contributed by atoms with van der Waals surface area (Å²) in [6.45, 7) is 11.3. The molecule has 2 aliphatic rings. The van der Waals surface area contributed by atoms with Crippen LogP contribution in [0.5, 0.6) is 0 Å². The number of benzene rings is 1. The van der Waals surface area contributed by atoms with Gasteiger partial charge in [-0.05, 0) is 55.8 Å². The van der Waals surface area contributed by atoms with Crippen molar-refractivity contribution in [2.24, 2.45) is 5.92 Å². The Kier molecular flexibility index (Phi) is 4.89. The molecule has 0 bridgehead atoms. The van der Waals surface area contributed by atoms with Crippen molar-refractivity contribution in [2.75, 3.05) is 18.9 Å². The summed E-state index contributed by atoms with van der Waals surface area (Å²) in [5.74, 6) is 1.59. The van der Waals surface area contributed by atoms with E-state index < -0.39 is 0 Å². The minimum absolute atomic E-state index is 0.0511. The molecule has 1 aliphatic carbocycles. The topological polar surface area (TPSA) is 73.9 Å². The summed E-state index contributed by atoms with van der Waals surface area (Å²) in [7, 11) is 2.16. The van der Waals surface area contributed by atoms with Crippen LogP contribution in [-0.2, 0) is 16.6 Å². The number of fused-ring (bicyclic) bond motifs is 2. The lowest BCUT2D eigenvalue weighted by molar-refractivity contribution is -0.122. The highest BCUT2D eigenvalue weighted by Crippen LogP contribution is 2.46. The molecule has 0 saturated carbocycles. The summed E-state index contributed by atoms with van der Waals surface area (Å²) in [5, 5.41) is 4.44. The van der Waals surface area contributed by atoms with Gasteiger partial charge < -0.3 is 15.2 Å². The second kappa shape index (κ2) is 7.41. The normalized spacial score (nSPS) is 23.2. The molecular formula is C26H33N5O. The van der Waals surface area contributed by atoms with E-state index >= 15 is 0 Å². The predicted octanol–water partition coefficient (Wildman–Crippen LogP) is 4.47. The number of aryl methyl sites for hydroxylation is 2. The average Bonchev–Trinajstić information content (AvgIpc) is 3.11. The number of rotatable bonds is 2. The third-order valence-corrected chi connectivity index (χ3v) is 7.25. The van der Waals surface area contributed by atoms with Crippen LogP contribution in [-0.4, -0.2) is 45.4 Å². The van der Waals surface area contributed by atoms with Crippen LogP contribution in [0, 0.1) is 19.8 Å². The fourth-order valence-corrected chi connectivity index (χ4v) is 5.83. The Labute approximate surface area is 189 Å². The first-order valence-electron chi connectivity index (χ1n) is 11.6. The van der Waals surface area contributed by atoms with E-state index in [0.29, 0.717) is 23.6 Å². The maximum Gasteiger partial charge on any atom is 0.229 e. The zero-order chi connectivity index (χ0) is 22.8. The summed E-state index contributed by atoms with van der Waals surface area (Å²) < 4.78 is 0. The maximum absolute atomic E-state index is 13.2. The SMILES string of the molecule is Cc1cc(NC(=O)C2C[C@@H]3c4ccc(C(C)(C)C)c5[nH]cc(c45)C[C@H]3N(C)C2)nc(C)n1. The molecule has 2 N–H and O–H groups in total. The predicted molar refractivity (Wildman–Crippen MR) is 128 cm³/mol. The molecule has 6 heteroatoms. The van der Waals surface area contributed by atoms with E-state index in [1.807, 2.05) is 19.9 Å². The third-order valence-electron chi connectivity index (χ3n) is 7.25. The lowest BCUT2D eigenvalue weighted by atomic mass is 9.71. The Morgan fingerprint density at radius 2 is 2.00 bits per heavy atom. The van der Waals surface area contributed by atoms with Crippen molar-refractivity contribution < 1.29 is 4.79 Å². The summed E-state index contributed by atoms with van der Waals surface area (Å²) >= 11 is 0. The number of nitrogens with one attached hydrogen (secondary N) is 2. The van der Waals surface area contributed by atoms with Gasteiger partial charge in [0.25, 0.3) is 0 Å². The van der Waals surface area contributed by atoms with Crippen LogP contribution in [0.4, 0.5) is 5.82 Å². The average molecular weight is 432 g/mol. The highest BCUT2D eigenvalue weighted by atomic mass is 16.2. The van der Waals surface area contributed by atoms with Crippen LogP contribution in [0.15, 0.2) is 24.4 Å². The van der Waals surface area contributed by atoms with Crippen LogP contribution in [0.3, 0.4) is 0 Å². The molecule has 5 rings (SSSR count). The smallest absolute Gasteiger partial charge is 0.229 e. The summed E-state index contributed by atoms with van der Waals surface area (Å²) in [6.07, 6.45) is 4.09. The number of anilines is 1. The van der Waals surface area contributed by atoms with Gasteiger partial charge in [-0.15, -0.1) is 0 Å². The number of aromatic amines is 1. The van der Waals surface area contributed by atoms with Crippen molar-refractivity contribution in [1.82, 2.24) is 19.9 Å². The quantitative estimate of drug-likeness (QED) is 0.628. The Morgan fingerprint density at radius 1 is 1.22 bits per heavy atom. The van der Waals surface area contributed by atoms with Gasteiger partial charge in [0.05, 0.1) is 5.92 Å². The molecule has 6 nitrogen and oxygen atoms in total. The van der Waals surface area contributed by atoms with Gasteiger partial charge in [-0.2, -0.15) is 0 Å². The number of likely N-dealkylation sites (N-methyl/N-ethyl adjacent to an activating group) is 1. The molecule has 32 heavy (non-hydrogen) atoms. The van der Waals surface area contributed by atoms with Gasteiger partial charge in [0.2, 0.25) is 5.91 Å². The number of hydrogen-bond donors (Lipinski definition) is 2. The molecule has 1 aliphatic heterocycles. The second-order valence-corrected chi connectivity index (χ2v) is 10.7. The Morgan fingerprint density at radius 3 is 2.72 bits per heavy atom. The molecule has 1 aromatic carbocycles. The van der Waals surface area contributed by atoms with E-state index in [4.69, 9.17) is 0 Å². The van der Waals surface area contributed by atoms with Gasteiger partial charge in [0.1, 0.15) is 11.6 Å². The van der Waals surface area contributed by atoms with Crippen molar-refractivity contribution in [1.29, 1.82) is 0 Å². The Balaban J connectivity index is 1.46. The lowest BCUT2D eigenvalue weighted by Crippen LogP contribution is -2.50. The van der Waals surface area contributed by atoms with Crippen molar-refractivity contribution in [3.05, 3.63) is 52.6 Å². The van der Waals surface area contributed by atoms with E-state index in [0.717, 1.165) is 25.1 Å². The summed E-state index contributed by atoms with van der Waals surface area (Å²) in [6, 6.07) is 6.87. The van der Waals surface area contributed by atoms with Crippen LogP contribution in [0.1, 0.15) is 61.3 Å². The number of H-pyrrole nitrogens is 1.